The lowest BCUT2D eigenvalue weighted by molar-refractivity contribution is 0.206. The van der Waals surface area contributed by atoms with Crippen molar-refractivity contribution in [2.45, 2.75) is 12.6 Å². The van der Waals surface area contributed by atoms with Crippen molar-refractivity contribution in [1.29, 1.82) is 0 Å². The van der Waals surface area contributed by atoms with E-state index in [0.29, 0.717) is 13.2 Å². The molecule has 17 heavy (non-hydrogen) atoms. The molecular formula is C11H17N3O3. The second-order valence-corrected chi connectivity index (χ2v) is 4.10. The summed E-state index contributed by atoms with van der Waals surface area (Å²) in [5.41, 5.74) is 0.710. The summed E-state index contributed by atoms with van der Waals surface area (Å²) in [6, 6.07) is 1.59. The monoisotopic (exact) mass is 239 g/mol. The minimum atomic E-state index is -0.0951. The largest absolute Gasteiger partial charge is 0.383 e. The van der Waals surface area contributed by atoms with Crippen LogP contribution < -0.4 is 10.5 Å². The van der Waals surface area contributed by atoms with Crippen LogP contribution in [0.3, 0.4) is 0 Å². The number of nitrogens with zero attached hydrogens (tertiary/aromatic N) is 3. The zero-order valence-corrected chi connectivity index (χ0v) is 10.1. The number of hydrogen-bond acceptors (Lipinski definition) is 5. The van der Waals surface area contributed by atoms with Gasteiger partial charge in [0.05, 0.1) is 31.6 Å². The molecule has 0 radical (unpaired) electrons. The Morgan fingerprint density at radius 2 is 2.47 bits per heavy atom. The molecule has 1 unspecified atom stereocenters. The van der Waals surface area contributed by atoms with E-state index >= 15 is 0 Å². The van der Waals surface area contributed by atoms with Gasteiger partial charge in [0.2, 0.25) is 0 Å². The normalized spacial score (nSPS) is 18.1. The average Bonchev–Trinajstić information content (AvgIpc) is 3.12. The van der Waals surface area contributed by atoms with E-state index in [-0.39, 0.29) is 11.7 Å². The summed E-state index contributed by atoms with van der Waals surface area (Å²) in [7, 11) is 3.56. The first kappa shape index (κ1) is 12.1. The van der Waals surface area contributed by atoms with Crippen molar-refractivity contribution in [1.82, 2.24) is 9.78 Å². The molecule has 1 aromatic heterocycles. The van der Waals surface area contributed by atoms with Crippen molar-refractivity contribution in [2.24, 2.45) is 0 Å². The van der Waals surface area contributed by atoms with Gasteiger partial charge >= 0.3 is 0 Å². The summed E-state index contributed by atoms with van der Waals surface area (Å²) < 4.78 is 11.5. The van der Waals surface area contributed by atoms with E-state index in [9.17, 15) is 4.79 Å². The lowest BCUT2D eigenvalue weighted by Crippen LogP contribution is -2.28. The number of anilines is 1. The van der Waals surface area contributed by atoms with Crippen LogP contribution in [0.2, 0.25) is 0 Å². The van der Waals surface area contributed by atoms with E-state index in [1.807, 2.05) is 11.9 Å². The highest BCUT2D eigenvalue weighted by Crippen LogP contribution is 2.11. The zero-order valence-electron chi connectivity index (χ0n) is 10.1. The standard InChI is InChI=1S/C11H17N3O3/c1-13(3-4-16-2)9-5-11(15)14(12-6-9)7-10-8-17-10/h5-6,10H,3-4,7-8H2,1-2H3. The van der Waals surface area contributed by atoms with Crippen LogP contribution in [0.25, 0.3) is 0 Å². The first-order valence-corrected chi connectivity index (χ1v) is 5.59. The number of ether oxygens (including phenoxy) is 2. The van der Waals surface area contributed by atoms with Gasteiger partial charge < -0.3 is 14.4 Å². The fourth-order valence-electron chi connectivity index (χ4n) is 1.49. The van der Waals surface area contributed by atoms with Crippen molar-refractivity contribution in [2.75, 3.05) is 38.8 Å². The summed E-state index contributed by atoms with van der Waals surface area (Å²) in [4.78, 5) is 13.7. The third-order valence-electron chi connectivity index (χ3n) is 2.71. The number of methoxy groups -OCH3 is 1. The van der Waals surface area contributed by atoms with Gasteiger partial charge in [-0.1, -0.05) is 0 Å². The SMILES string of the molecule is COCCN(C)c1cnn(CC2CO2)c(=O)c1. The van der Waals surface area contributed by atoms with Gasteiger partial charge in [0, 0.05) is 26.8 Å². The number of hydrogen-bond donors (Lipinski definition) is 0. The molecule has 1 fully saturated rings. The summed E-state index contributed by atoms with van der Waals surface area (Å²) in [6.07, 6.45) is 1.86. The Kier molecular flexibility index (Phi) is 3.75. The quantitative estimate of drug-likeness (QED) is 0.639. The van der Waals surface area contributed by atoms with Crippen LogP contribution in [0.5, 0.6) is 0 Å². The first-order valence-electron chi connectivity index (χ1n) is 5.59. The molecule has 0 aromatic carbocycles. The van der Waals surface area contributed by atoms with E-state index in [1.54, 1.807) is 19.4 Å². The molecule has 6 heteroatoms. The summed E-state index contributed by atoms with van der Waals surface area (Å²) in [5, 5.41) is 4.13. The number of aromatic nitrogens is 2. The molecule has 0 bridgehead atoms. The second kappa shape index (κ2) is 5.29. The molecule has 1 saturated heterocycles. The molecule has 0 saturated carbocycles. The van der Waals surface area contributed by atoms with Crippen molar-refractivity contribution in [3.63, 3.8) is 0 Å². The Labute approximate surface area is 99.7 Å². The maximum atomic E-state index is 11.8. The van der Waals surface area contributed by atoms with E-state index in [2.05, 4.69) is 5.10 Å². The molecule has 1 aliphatic rings. The second-order valence-electron chi connectivity index (χ2n) is 4.10. The Hall–Kier alpha value is -1.40. The lowest BCUT2D eigenvalue weighted by Gasteiger charge is -2.18. The van der Waals surface area contributed by atoms with Gasteiger partial charge in [-0.2, -0.15) is 5.10 Å². The fourth-order valence-corrected chi connectivity index (χ4v) is 1.49. The molecule has 1 atom stereocenters. The van der Waals surface area contributed by atoms with Crippen molar-refractivity contribution in [3.8, 4) is 0 Å². The smallest absolute Gasteiger partial charge is 0.268 e. The average molecular weight is 239 g/mol. The van der Waals surface area contributed by atoms with Crippen LogP contribution in [-0.4, -0.2) is 49.8 Å². The predicted molar refractivity (Wildman–Crippen MR) is 63.4 cm³/mol. The number of likely N-dealkylation sites (N-methyl/N-ethyl adjacent to an activating group) is 1. The van der Waals surface area contributed by atoms with E-state index in [0.717, 1.165) is 18.8 Å². The molecule has 0 spiro atoms. The fraction of sp³-hybridized carbons (Fsp3) is 0.636. The first-order chi connectivity index (χ1) is 8.20. The molecule has 1 aromatic rings. The topological polar surface area (TPSA) is 59.9 Å². The highest BCUT2D eigenvalue weighted by molar-refractivity contribution is 5.41. The predicted octanol–water partition coefficient (Wildman–Crippen LogP) is -0.275. The molecular weight excluding hydrogens is 222 g/mol. The number of epoxide rings is 1. The van der Waals surface area contributed by atoms with Crippen LogP contribution in [0.1, 0.15) is 0 Å². The van der Waals surface area contributed by atoms with Gasteiger partial charge in [-0.05, 0) is 0 Å². The van der Waals surface area contributed by atoms with Crippen LogP contribution >= 0.6 is 0 Å². The van der Waals surface area contributed by atoms with Gasteiger partial charge in [0.1, 0.15) is 6.10 Å². The molecule has 0 aliphatic carbocycles. The molecule has 2 rings (SSSR count). The Balaban J connectivity index is 2.04. The minimum absolute atomic E-state index is 0.0951. The minimum Gasteiger partial charge on any atom is -0.383 e. The molecule has 94 valence electrons. The maximum absolute atomic E-state index is 11.8. The maximum Gasteiger partial charge on any atom is 0.268 e. The van der Waals surface area contributed by atoms with Gasteiger partial charge in [-0.15, -0.1) is 0 Å². The van der Waals surface area contributed by atoms with E-state index in [1.165, 1.54) is 4.68 Å². The van der Waals surface area contributed by atoms with Crippen LogP contribution in [0.4, 0.5) is 5.69 Å². The highest BCUT2D eigenvalue weighted by Gasteiger charge is 2.23. The Bertz CT molecular complexity index is 428. The van der Waals surface area contributed by atoms with Crippen LogP contribution in [-0.2, 0) is 16.0 Å². The third kappa shape index (κ3) is 3.28. The van der Waals surface area contributed by atoms with Gasteiger partial charge in [-0.25, -0.2) is 4.68 Å². The molecule has 2 heterocycles. The Morgan fingerprint density at radius 1 is 1.71 bits per heavy atom. The van der Waals surface area contributed by atoms with Crippen molar-refractivity contribution >= 4 is 5.69 Å². The van der Waals surface area contributed by atoms with Gasteiger partial charge in [0.25, 0.3) is 5.56 Å². The van der Waals surface area contributed by atoms with Crippen molar-refractivity contribution < 1.29 is 9.47 Å². The van der Waals surface area contributed by atoms with Crippen molar-refractivity contribution in [3.05, 3.63) is 22.6 Å². The summed E-state index contributed by atoms with van der Waals surface area (Å²) in [6.45, 7) is 2.62. The molecule has 0 N–H and O–H groups in total. The highest BCUT2D eigenvalue weighted by atomic mass is 16.6. The van der Waals surface area contributed by atoms with Crippen LogP contribution in [0, 0.1) is 0 Å². The van der Waals surface area contributed by atoms with Crippen LogP contribution in [0.15, 0.2) is 17.1 Å². The van der Waals surface area contributed by atoms with E-state index in [4.69, 9.17) is 9.47 Å². The molecule has 6 nitrogen and oxygen atoms in total. The lowest BCUT2D eigenvalue weighted by atomic mass is 10.4. The number of rotatable bonds is 6. The Morgan fingerprint density at radius 3 is 3.06 bits per heavy atom. The van der Waals surface area contributed by atoms with Gasteiger partial charge in [0.15, 0.2) is 0 Å². The third-order valence-corrected chi connectivity index (χ3v) is 2.71. The molecule has 1 aliphatic heterocycles. The zero-order chi connectivity index (χ0) is 12.3. The van der Waals surface area contributed by atoms with Gasteiger partial charge in [-0.3, -0.25) is 4.79 Å². The summed E-state index contributed by atoms with van der Waals surface area (Å²) >= 11 is 0. The molecule has 0 amide bonds. The summed E-state index contributed by atoms with van der Waals surface area (Å²) in [5.74, 6) is 0. The van der Waals surface area contributed by atoms with E-state index < -0.39 is 0 Å².